The maximum Gasteiger partial charge on any atom is 0.343 e. The van der Waals surface area contributed by atoms with Crippen LogP contribution in [0.3, 0.4) is 0 Å². The lowest BCUT2D eigenvalue weighted by molar-refractivity contribution is -0.123. The second-order valence-corrected chi connectivity index (χ2v) is 9.27. The van der Waals surface area contributed by atoms with Gasteiger partial charge in [-0.15, -0.1) is 0 Å². The number of rotatable bonds is 6. The van der Waals surface area contributed by atoms with Crippen molar-refractivity contribution in [1.29, 1.82) is 0 Å². The molecule has 6 nitrogen and oxygen atoms in total. The van der Waals surface area contributed by atoms with Crippen molar-refractivity contribution in [2.75, 3.05) is 20.3 Å². The lowest BCUT2D eigenvalue weighted by Gasteiger charge is -2.18. The molecule has 0 spiro atoms. The smallest absolute Gasteiger partial charge is 0.343 e. The van der Waals surface area contributed by atoms with Crippen molar-refractivity contribution in [3.63, 3.8) is 0 Å². The average molecular weight is 470 g/mol. The summed E-state index contributed by atoms with van der Waals surface area (Å²) in [4.78, 5) is 27.5. The van der Waals surface area contributed by atoms with E-state index in [4.69, 9.17) is 26.4 Å². The molecular weight excluding hydrogens is 446 g/mol. The summed E-state index contributed by atoms with van der Waals surface area (Å²) in [5.41, 5.74) is 2.18. The molecule has 0 saturated carbocycles. The number of nitrogens with zero attached hydrogens (tertiary/aromatic N) is 1. The van der Waals surface area contributed by atoms with Gasteiger partial charge in [0, 0.05) is 6.61 Å². The van der Waals surface area contributed by atoms with E-state index in [-0.39, 0.29) is 12.0 Å². The van der Waals surface area contributed by atoms with Gasteiger partial charge >= 0.3 is 5.97 Å². The number of esters is 1. The summed E-state index contributed by atoms with van der Waals surface area (Å²) >= 11 is 6.68. The van der Waals surface area contributed by atoms with Gasteiger partial charge in [-0.25, -0.2) is 4.79 Å². The average Bonchev–Trinajstić information content (AvgIpc) is 3.39. The van der Waals surface area contributed by atoms with Crippen molar-refractivity contribution in [2.24, 2.45) is 0 Å². The van der Waals surface area contributed by atoms with Gasteiger partial charge in [0.2, 0.25) is 0 Å². The van der Waals surface area contributed by atoms with Crippen LogP contribution in [0.4, 0.5) is 0 Å². The molecule has 2 saturated heterocycles. The molecule has 2 fully saturated rings. The van der Waals surface area contributed by atoms with Crippen LogP contribution in [-0.4, -0.2) is 47.5 Å². The second-order valence-electron chi connectivity index (χ2n) is 7.60. The van der Waals surface area contributed by atoms with Crippen LogP contribution in [0.25, 0.3) is 6.08 Å². The number of benzene rings is 2. The van der Waals surface area contributed by atoms with Crippen molar-refractivity contribution < 1.29 is 23.8 Å². The van der Waals surface area contributed by atoms with E-state index < -0.39 is 5.97 Å². The van der Waals surface area contributed by atoms with Crippen LogP contribution in [0.1, 0.15) is 34.3 Å². The summed E-state index contributed by atoms with van der Waals surface area (Å²) in [5, 5.41) is 0. The van der Waals surface area contributed by atoms with Gasteiger partial charge < -0.3 is 14.2 Å². The predicted molar refractivity (Wildman–Crippen MR) is 128 cm³/mol. The molecule has 0 bridgehead atoms. The Bertz CT molecular complexity index is 1090. The third kappa shape index (κ3) is 5.03. The molecule has 2 aliphatic heterocycles. The van der Waals surface area contributed by atoms with E-state index >= 15 is 0 Å². The number of amides is 1. The third-order valence-corrected chi connectivity index (χ3v) is 6.60. The zero-order valence-corrected chi connectivity index (χ0v) is 19.5. The number of aryl methyl sites for hydroxylation is 1. The van der Waals surface area contributed by atoms with Gasteiger partial charge in [0.25, 0.3) is 5.91 Å². The topological polar surface area (TPSA) is 65.1 Å². The van der Waals surface area contributed by atoms with Crippen LogP contribution in [0.15, 0.2) is 47.4 Å². The lowest BCUT2D eigenvalue weighted by Crippen LogP contribution is -2.35. The number of hydrogen-bond acceptors (Lipinski definition) is 7. The summed E-state index contributed by atoms with van der Waals surface area (Å²) in [6, 6.07) is 12.3. The van der Waals surface area contributed by atoms with Gasteiger partial charge in [-0.3, -0.25) is 9.69 Å². The normalized spacial score (nSPS) is 19.6. The van der Waals surface area contributed by atoms with E-state index in [0.717, 1.165) is 30.6 Å². The molecule has 8 heteroatoms. The fourth-order valence-corrected chi connectivity index (χ4v) is 4.86. The molecule has 1 amide bonds. The van der Waals surface area contributed by atoms with Gasteiger partial charge in [-0.2, -0.15) is 0 Å². The van der Waals surface area contributed by atoms with E-state index in [1.54, 1.807) is 47.4 Å². The van der Waals surface area contributed by atoms with E-state index in [1.807, 2.05) is 13.0 Å². The van der Waals surface area contributed by atoms with Crippen LogP contribution in [0.2, 0.25) is 0 Å². The summed E-state index contributed by atoms with van der Waals surface area (Å²) in [6.45, 7) is 3.13. The molecule has 2 aromatic rings. The number of thiocarbonyl (C=S) groups is 1. The molecule has 0 aromatic heterocycles. The minimum absolute atomic E-state index is 0.0410. The molecule has 2 aromatic carbocycles. The van der Waals surface area contributed by atoms with Crippen LogP contribution in [0.5, 0.6) is 11.5 Å². The number of ether oxygens (including phenoxy) is 3. The minimum atomic E-state index is -0.463. The van der Waals surface area contributed by atoms with Crippen LogP contribution in [-0.2, 0) is 9.53 Å². The first-order valence-corrected chi connectivity index (χ1v) is 11.5. The van der Waals surface area contributed by atoms with Crippen molar-refractivity contribution in [2.45, 2.75) is 25.9 Å². The summed E-state index contributed by atoms with van der Waals surface area (Å²) in [6.07, 6.45) is 3.76. The Morgan fingerprint density at radius 2 is 2.12 bits per heavy atom. The molecule has 0 N–H and O–H groups in total. The molecule has 166 valence electrons. The summed E-state index contributed by atoms with van der Waals surface area (Å²) in [5.74, 6) is 0.121. The van der Waals surface area contributed by atoms with Crippen LogP contribution < -0.4 is 9.47 Å². The summed E-state index contributed by atoms with van der Waals surface area (Å²) < 4.78 is 17.1. The molecular formula is C24H23NO5S2. The fraction of sp³-hybridized carbons (Fsp3) is 0.292. The van der Waals surface area contributed by atoms with E-state index in [2.05, 4.69) is 0 Å². The number of hydrogen-bond donors (Lipinski definition) is 0. The number of carbonyl (C=O) groups excluding carboxylic acids is 2. The molecule has 2 heterocycles. The van der Waals surface area contributed by atoms with Crippen molar-refractivity contribution >= 4 is 46.3 Å². The Hall–Kier alpha value is -2.68. The largest absolute Gasteiger partial charge is 0.493 e. The minimum Gasteiger partial charge on any atom is -0.493 e. The highest BCUT2D eigenvalue weighted by Crippen LogP contribution is 2.35. The fourth-order valence-electron chi connectivity index (χ4n) is 3.59. The first-order valence-electron chi connectivity index (χ1n) is 10.3. The zero-order chi connectivity index (χ0) is 22.7. The molecule has 32 heavy (non-hydrogen) atoms. The quantitative estimate of drug-likeness (QED) is 0.265. The Morgan fingerprint density at radius 3 is 2.84 bits per heavy atom. The Balaban J connectivity index is 1.50. The Kier molecular flexibility index (Phi) is 6.93. The first kappa shape index (κ1) is 22.5. The number of methoxy groups -OCH3 is 1. The maximum absolute atomic E-state index is 12.9. The van der Waals surface area contributed by atoms with Gasteiger partial charge in [-0.05, 0) is 55.7 Å². The van der Waals surface area contributed by atoms with Gasteiger partial charge in [0.1, 0.15) is 4.32 Å². The maximum atomic E-state index is 12.9. The molecule has 4 rings (SSSR count). The number of thioether (sulfide) groups is 1. The van der Waals surface area contributed by atoms with E-state index in [0.29, 0.717) is 32.8 Å². The lowest BCUT2D eigenvalue weighted by atomic mass is 10.1. The SMILES string of the molecule is COc1cc(/C=C2/SC(=S)N(C[C@@H]3CCCO3)C2=O)ccc1OC(=O)c1cccc(C)c1. The molecule has 1 atom stereocenters. The highest BCUT2D eigenvalue weighted by atomic mass is 32.2. The molecule has 0 aliphatic carbocycles. The van der Waals surface area contributed by atoms with Crippen molar-refractivity contribution in [1.82, 2.24) is 4.90 Å². The van der Waals surface area contributed by atoms with Crippen molar-refractivity contribution in [3.8, 4) is 11.5 Å². The number of carbonyl (C=O) groups is 2. The van der Waals surface area contributed by atoms with Crippen molar-refractivity contribution in [3.05, 3.63) is 64.1 Å². The predicted octanol–water partition coefficient (Wildman–Crippen LogP) is 4.60. The summed E-state index contributed by atoms with van der Waals surface area (Å²) in [7, 11) is 1.50. The highest BCUT2D eigenvalue weighted by Gasteiger charge is 2.34. The van der Waals surface area contributed by atoms with Crippen LogP contribution in [0, 0.1) is 6.92 Å². The van der Waals surface area contributed by atoms with Gasteiger partial charge in [-0.1, -0.05) is 47.7 Å². The van der Waals surface area contributed by atoms with Crippen LogP contribution >= 0.6 is 24.0 Å². The van der Waals surface area contributed by atoms with E-state index in [1.165, 1.54) is 18.9 Å². The monoisotopic (exact) mass is 469 g/mol. The molecule has 0 radical (unpaired) electrons. The van der Waals surface area contributed by atoms with Gasteiger partial charge in [0.05, 0.1) is 30.2 Å². The second kappa shape index (κ2) is 9.85. The zero-order valence-electron chi connectivity index (χ0n) is 17.8. The molecule has 0 unspecified atom stereocenters. The third-order valence-electron chi connectivity index (χ3n) is 5.23. The molecule has 2 aliphatic rings. The standard InChI is InChI=1S/C24H23NO5S2/c1-15-5-3-6-17(11-15)23(27)30-19-9-8-16(12-20(19)28-2)13-21-22(26)25(24(31)32-21)14-18-7-4-10-29-18/h3,5-6,8-9,11-13,18H,4,7,10,14H2,1-2H3/b21-13+/t18-/m0/s1. The first-order chi connectivity index (χ1) is 15.4. The Labute approximate surface area is 196 Å². The highest BCUT2D eigenvalue weighted by molar-refractivity contribution is 8.26. The van der Waals surface area contributed by atoms with Gasteiger partial charge in [0.15, 0.2) is 11.5 Å². The van der Waals surface area contributed by atoms with E-state index in [9.17, 15) is 9.59 Å². The Morgan fingerprint density at radius 1 is 1.28 bits per heavy atom.